The molecule has 10 heteroatoms. The van der Waals surface area contributed by atoms with Crippen molar-refractivity contribution >= 4 is 16.0 Å². The minimum Gasteiger partial charge on any atom is -0.457 e. The van der Waals surface area contributed by atoms with Gasteiger partial charge in [0.2, 0.25) is 11.0 Å². The van der Waals surface area contributed by atoms with Crippen molar-refractivity contribution in [2.75, 3.05) is 14.1 Å². The third-order valence-electron chi connectivity index (χ3n) is 3.66. The van der Waals surface area contributed by atoms with Gasteiger partial charge in [0.05, 0.1) is 0 Å². The van der Waals surface area contributed by atoms with Crippen LogP contribution in [0.15, 0.2) is 26.2 Å². The van der Waals surface area contributed by atoms with Crippen LogP contribution >= 0.6 is 0 Å². The molecule has 0 fully saturated rings. The molecule has 2 aromatic rings. The van der Waals surface area contributed by atoms with Gasteiger partial charge in [-0.05, 0) is 18.6 Å². The molecule has 2 heterocycles. The molecule has 0 bridgehead atoms. The summed E-state index contributed by atoms with van der Waals surface area (Å²) in [6.07, 6.45) is 1.16. The van der Waals surface area contributed by atoms with E-state index in [-0.39, 0.29) is 29.3 Å². The van der Waals surface area contributed by atoms with E-state index in [9.17, 15) is 13.2 Å². The van der Waals surface area contributed by atoms with Gasteiger partial charge in [-0.25, -0.2) is 12.7 Å². The van der Waals surface area contributed by atoms with Crippen LogP contribution in [0.5, 0.6) is 0 Å². The number of sulfonamides is 1. The summed E-state index contributed by atoms with van der Waals surface area (Å²) in [7, 11) is -0.829. The summed E-state index contributed by atoms with van der Waals surface area (Å²) in [4.78, 5) is 16.1. The first kappa shape index (κ1) is 21.1. The molecule has 0 unspecified atom stereocenters. The Kier molecular flexibility index (Phi) is 6.42. The van der Waals surface area contributed by atoms with Crippen molar-refractivity contribution < 1.29 is 26.9 Å². The highest BCUT2D eigenvalue weighted by molar-refractivity contribution is 7.88. The van der Waals surface area contributed by atoms with E-state index >= 15 is 0 Å². The zero-order chi connectivity index (χ0) is 20.2. The Morgan fingerprint density at radius 1 is 1.26 bits per heavy atom. The Labute approximate surface area is 158 Å². The van der Waals surface area contributed by atoms with Crippen molar-refractivity contribution in [1.29, 1.82) is 0 Å². The Hall–Kier alpha value is -2.20. The maximum absolute atomic E-state index is 11.9. The van der Waals surface area contributed by atoms with Gasteiger partial charge in [0.1, 0.15) is 12.4 Å². The number of rotatable bonds is 8. The van der Waals surface area contributed by atoms with E-state index in [1.807, 2.05) is 20.8 Å². The summed E-state index contributed by atoms with van der Waals surface area (Å²) in [5.74, 6) is 0.952. The molecule has 0 aliphatic carbocycles. The lowest BCUT2D eigenvalue weighted by Gasteiger charge is -2.10. The van der Waals surface area contributed by atoms with Gasteiger partial charge in [0.15, 0.2) is 5.82 Å². The van der Waals surface area contributed by atoms with Gasteiger partial charge in [-0.1, -0.05) is 25.9 Å². The number of hydrogen-bond donors (Lipinski definition) is 0. The van der Waals surface area contributed by atoms with Gasteiger partial charge in [0.25, 0.3) is 10.0 Å². The molecule has 0 saturated heterocycles. The molecule has 2 aromatic heterocycles. The van der Waals surface area contributed by atoms with E-state index in [0.717, 1.165) is 4.31 Å². The molecule has 0 amide bonds. The maximum atomic E-state index is 11.9. The number of aryl methyl sites for hydroxylation is 1. The van der Waals surface area contributed by atoms with Crippen LogP contribution in [-0.4, -0.2) is 42.9 Å². The van der Waals surface area contributed by atoms with Crippen molar-refractivity contribution in [3.8, 4) is 0 Å². The van der Waals surface area contributed by atoms with Crippen LogP contribution in [0, 0.1) is 0 Å². The van der Waals surface area contributed by atoms with Crippen molar-refractivity contribution in [2.24, 2.45) is 0 Å². The summed E-state index contributed by atoms with van der Waals surface area (Å²) in [6.45, 7) is 5.84. The molecular formula is C17H25N3O6S. The summed E-state index contributed by atoms with van der Waals surface area (Å²) < 4.78 is 40.4. The first-order chi connectivity index (χ1) is 12.5. The maximum Gasteiger partial charge on any atom is 0.306 e. The van der Waals surface area contributed by atoms with Gasteiger partial charge in [-0.3, -0.25) is 4.79 Å². The second kappa shape index (κ2) is 8.22. The molecule has 150 valence electrons. The van der Waals surface area contributed by atoms with Crippen LogP contribution < -0.4 is 0 Å². The van der Waals surface area contributed by atoms with E-state index in [1.54, 1.807) is 0 Å². The highest BCUT2D eigenvalue weighted by atomic mass is 32.2. The number of carbonyl (C=O) groups excluding carboxylic acids is 1. The number of carbonyl (C=O) groups is 1. The van der Waals surface area contributed by atoms with Crippen molar-refractivity contribution in [1.82, 2.24) is 14.4 Å². The second-order valence-electron chi connectivity index (χ2n) is 7.28. The molecule has 0 aliphatic rings. The van der Waals surface area contributed by atoms with Crippen molar-refractivity contribution in [3.63, 3.8) is 0 Å². The van der Waals surface area contributed by atoms with Crippen LogP contribution in [0.2, 0.25) is 0 Å². The largest absolute Gasteiger partial charge is 0.457 e. The quantitative estimate of drug-likeness (QED) is 0.621. The van der Waals surface area contributed by atoms with E-state index < -0.39 is 16.0 Å². The minimum absolute atomic E-state index is 0.128. The topological polar surface area (TPSA) is 116 Å². The van der Waals surface area contributed by atoms with Crippen LogP contribution in [0.25, 0.3) is 0 Å². The summed E-state index contributed by atoms with van der Waals surface area (Å²) in [6, 6.07) is 2.80. The fourth-order valence-electron chi connectivity index (χ4n) is 2.02. The normalized spacial score (nSPS) is 12.5. The molecular weight excluding hydrogens is 374 g/mol. The predicted octanol–water partition coefficient (Wildman–Crippen LogP) is 2.28. The van der Waals surface area contributed by atoms with Gasteiger partial charge in [0, 0.05) is 32.4 Å². The molecule has 2 rings (SSSR count). The monoisotopic (exact) mass is 399 g/mol. The standard InChI is InChI=1S/C17H25N3O6S/c1-17(2,3)16-18-13(26-19-16)7-6-8-14(21)24-11-12-9-10-15(25-12)27(22,23)20(4)5/h9-10H,6-8,11H2,1-5H3. The van der Waals surface area contributed by atoms with Crippen LogP contribution in [-0.2, 0) is 38.0 Å². The lowest BCUT2D eigenvalue weighted by atomic mass is 9.96. The Morgan fingerprint density at radius 3 is 2.56 bits per heavy atom. The van der Waals surface area contributed by atoms with E-state index in [2.05, 4.69) is 10.1 Å². The number of ether oxygens (including phenoxy) is 1. The molecule has 0 radical (unpaired) electrons. The molecule has 0 spiro atoms. The zero-order valence-electron chi connectivity index (χ0n) is 16.2. The summed E-state index contributed by atoms with van der Waals surface area (Å²) in [5, 5.41) is 3.74. The first-order valence-electron chi connectivity index (χ1n) is 8.50. The third-order valence-corrected chi connectivity index (χ3v) is 5.35. The molecule has 0 saturated carbocycles. The molecule has 27 heavy (non-hydrogen) atoms. The first-order valence-corrected chi connectivity index (χ1v) is 9.94. The number of esters is 1. The molecule has 0 aliphatic heterocycles. The van der Waals surface area contributed by atoms with Crippen molar-refractivity contribution in [3.05, 3.63) is 29.6 Å². The fraction of sp³-hybridized carbons (Fsp3) is 0.588. The number of furan rings is 1. The van der Waals surface area contributed by atoms with Gasteiger partial charge in [-0.15, -0.1) is 0 Å². The minimum atomic E-state index is -3.65. The van der Waals surface area contributed by atoms with Crippen LogP contribution in [0.4, 0.5) is 0 Å². The summed E-state index contributed by atoms with van der Waals surface area (Å²) >= 11 is 0. The Balaban J connectivity index is 1.77. The third kappa shape index (κ3) is 5.64. The zero-order valence-corrected chi connectivity index (χ0v) is 17.0. The lowest BCUT2D eigenvalue weighted by molar-refractivity contribution is -0.145. The van der Waals surface area contributed by atoms with Crippen LogP contribution in [0.1, 0.15) is 51.1 Å². The van der Waals surface area contributed by atoms with E-state index in [4.69, 9.17) is 13.7 Å². The number of aromatic nitrogens is 2. The second-order valence-corrected chi connectivity index (χ2v) is 9.37. The smallest absolute Gasteiger partial charge is 0.306 e. The number of hydrogen-bond acceptors (Lipinski definition) is 8. The summed E-state index contributed by atoms with van der Waals surface area (Å²) in [5.41, 5.74) is -0.192. The highest BCUT2D eigenvalue weighted by Gasteiger charge is 2.22. The molecule has 0 atom stereocenters. The number of nitrogens with zero attached hydrogens (tertiary/aromatic N) is 3. The average molecular weight is 399 g/mol. The Bertz CT molecular complexity index is 877. The molecule has 9 nitrogen and oxygen atoms in total. The average Bonchev–Trinajstić information content (AvgIpc) is 3.22. The highest BCUT2D eigenvalue weighted by Crippen LogP contribution is 2.19. The van der Waals surface area contributed by atoms with Crippen molar-refractivity contribution in [2.45, 2.75) is 57.1 Å². The SMILES string of the molecule is CN(C)S(=O)(=O)c1ccc(COC(=O)CCCc2nc(C(C)(C)C)no2)o1. The van der Waals surface area contributed by atoms with E-state index in [1.165, 1.54) is 26.2 Å². The predicted molar refractivity (Wildman–Crippen MR) is 95.3 cm³/mol. The molecule has 0 N–H and O–H groups in total. The van der Waals surface area contributed by atoms with E-state index in [0.29, 0.717) is 24.6 Å². The van der Waals surface area contributed by atoms with Gasteiger partial charge < -0.3 is 13.7 Å². The fourth-order valence-corrected chi connectivity index (χ4v) is 2.84. The lowest BCUT2D eigenvalue weighted by Crippen LogP contribution is -2.21. The van der Waals surface area contributed by atoms with Crippen LogP contribution in [0.3, 0.4) is 0 Å². The van der Waals surface area contributed by atoms with Gasteiger partial charge in [-0.2, -0.15) is 4.98 Å². The van der Waals surface area contributed by atoms with Gasteiger partial charge >= 0.3 is 5.97 Å². The molecule has 0 aromatic carbocycles. The Morgan fingerprint density at radius 2 is 1.96 bits per heavy atom.